The lowest BCUT2D eigenvalue weighted by Crippen LogP contribution is -2.15. The molecule has 0 fully saturated rings. The Morgan fingerprint density at radius 3 is 2.12 bits per heavy atom. The highest BCUT2D eigenvalue weighted by atomic mass is 16.6. The Morgan fingerprint density at radius 1 is 1.06 bits per heavy atom. The summed E-state index contributed by atoms with van der Waals surface area (Å²) in [4.78, 5) is 0. The molecule has 16 heavy (non-hydrogen) atoms. The van der Waals surface area contributed by atoms with E-state index in [1.54, 1.807) is 0 Å². The molecule has 0 bridgehead atoms. The molecule has 0 saturated carbocycles. The SMILES string of the molecule is NCCC1Cc2cc3c(cc2C1)OCCO3. The molecule has 1 aliphatic carbocycles. The highest BCUT2D eigenvalue weighted by Crippen LogP contribution is 2.38. The lowest BCUT2D eigenvalue weighted by molar-refractivity contribution is 0.171. The van der Waals surface area contributed by atoms with Gasteiger partial charge in [0.15, 0.2) is 11.5 Å². The van der Waals surface area contributed by atoms with Crippen molar-refractivity contribution in [3.05, 3.63) is 23.3 Å². The van der Waals surface area contributed by atoms with Gasteiger partial charge in [-0.2, -0.15) is 0 Å². The molecule has 0 unspecified atom stereocenters. The first-order valence-electron chi connectivity index (χ1n) is 5.98. The standard InChI is InChI=1S/C13H17NO2/c14-2-1-9-5-10-7-12-13(8-11(10)6-9)16-4-3-15-12/h7-9H,1-6,14H2. The van der Waals surface area contributed by atoms with Crippen LogP contribution in [0.4, 0.5) is 0 Å². The number of ether oxygens (including phenoxy) is 2. The molecule has 1 heterocycles. The fraction of sp³-hybridized carbons (Fsp3) is 0.538. The van der Waals surface area contributed by atoms with Crippen molar-refractivity contribution in [2.45, 2.75) is 19.3 Å². The summed E-state index contributed by atoms with van der Waals surface area (Å²) in [6, 6.07) is 4.31. The number of hydrogen-bond acceptors (Lipinski definition) is 3. The summed E-state index contributed by atoms with van der Waals surface area (Å²) in [6.45, 7) is 2.11. The smallest absolute Gasteiger partial charge is 0.161 e. The molecule has 0 saturated heterocycles. The first-order valence-corrected chi connectivity index (χ1v) is 5.98. The fourth-order valence-corrected chi connectivity index (χ4v) is 2.69. The summed E-state index contributed by atoms with van der Waals surface area (Å²) >= 11 is 0. The maximum absolute atomic E-state index is 5.62. The Labute approximate surface area is 95.5 Å². The zero-order valence-electron chi connectivity index (χ0n) is 9.37. The van der Waals surface area contributed by atoms with Crippen LogP contribution in [0.2, 0.25) is 0 Å². The van der Waals surface area contributed by atoms with Gasteiger partial charge in [-0.3, -0.25) is 0 Å². The van der Waals surface area contributed by atoms with Gasteiger partial charge in [0.1, 0.15) is 13.2 Å². The lowest BCUT2D eigenvalue weighted by atomic mass is 10.0. The summed E-state index contributed by atoms with van der Waals surface area (Å²) in [5.41, 5.74) is 8.45. The molecule has 0 amide bonds. The second kappa shape index (κ2) is 3.98. The monoisotopic (exact) mass is 219 g/mol. The lowest BCUT2D eigenvalue weighted by Gasteiger charge is -2.19. The average molecular weight is 219 g/mol. The summed E-state index contributed by atoms with van der Waals surface area (Å²) in [6.07, 6.45) is 3.40. The van der Waals surface area contributed by atoms with Crippen LogP contribution >= 0.6 is 0 Å². The first-order chi connectivity index (χ1) is 7.86. The predicted octanol–water partition coefficient (Wildman–Crippen LogP) is 1.52. The van der Waals surface area contributed by atoms with Crippen LogP contribution in [0.15, 0.2) is 12.1 Å². The molecule has 3 rings (SSSR count). The molecule has 0 aromatic heterocycles. The molecule has 1 aromatic carbocycles. The highest BCUT2D eigenvalue weighted by Gasteiger charge is 2.24. The van der Waals surface area contributed by atoms with Crippen LogP contribution in [-0.4, -0.2) is 19.8 Å². The fourth-order valence-electron chi connectivity index (χ4n) is 2.69. The molecule has 0 spiro atoms. The van der Waals surface area contributed by atoms with E-state index in [-0.39, 0.29) is 0 Å². The molecular weight excluding hydrogens is 202 g/mol. The Bertz CT molecular complexity index is 368. The molecule has 0 atom stereocenters. The van der Waals surface area contributed by atoms with Crippen molar-refractivity contribution in [1.29, 1.82) is 0 Å². The van der Waals surface area contributed by atoms with Crippen molar-refractivity contribution in [2.75, 3.05) is 19.8 Å². The Kier molecular flexibility index (Phi) is 2.48. The third-order valence-electron chi connectivity index (χ3n) is 3.46. The van der Waals surface area contributed by atoms with E-state index < -0.39 is 0 Å². The largest absolute Gasteiger partial charge is 0.486 e. The van der Waals surface area contributed by atoms with Gasteiger partial charge in [0.05, 0.1) is 0 Å². The van der Waals surface area contributed by atoms with Crippen LogP contribution in [0, 0.1) is 5.92 Å². The summed E-state index contributed by atoms with van der Waals surface area (Å²) < 4.78 is 11.2. The topological polar surface area (TPSA) is 44.5 Å². The van der Waals surface area contributed by atoms with Crippen LogP contribution in [-0.2, 0) is 12.8 Å². The Balaban J connectivity index is 1.88. The van der Waals surface area contributed by atoms with Gasteiger partial charge < -0.3 is 15.2 Å². The average Bonchev–Trinajstić information content (AvgIpc) is 2.67. The molecule has 1 aromatic rings. The first kappa shape index (κ1) is 9.97. The van der Waals surface area contributed by atoms with Gasteiger partial charge in [-0.1, -0.05) is 0 Å². The minimum atomic E-state index is 0.665. The van der Waals surface area contributed by atoms with Crippen molar-refractivity contribution in [2.24, 2.45) is 11.7 Å². The summed E-state index contributed by atoms with van der Waals surface area (Å²) in [7, 11) is 0. The van der Waals surface area contributed by atoms with E-state index >= 15 is 0 Å². The highest BCUT2D eigenvalue weighted by molar-refractivity contribution is 5.50. The van der Waals surface area contributed by atoms with E-state index in [9.17, 15) is 0 Å². The normalized spacial score (nSPS) is 18.6. The van der Waals surface area contributed by atoms with Gasteiger partial charge in [0.25, 0.3) is 0 Å². The van der Waals surface area contributed by atoms with Crippen molar-refractivity contribution in [3.8, 4) is 11.5 Å². The van der Waals surface area contributed by atoms with Crippen molar-refractivity contribution in [1.82, 2.24) is 0 Å². The summed E-state index contributed by atoms with van der Waals surface area (Å²) in [5, 5.41) is 0. The van der Waals surface area contributed by atoms with E-state index in [1.165, 1.54) is 11.1 Å². The Hall–Kier alpha value is -1.22. The third kappa shape index (κ3) is 1.65. The minimum Gasteiger partial charge on any atom is -0.486 e. The molecule has 2 aliphatic rings. The van der Waals surface area contributed by atoms with Gasteiger partial charge in [0, 0.05) is 0 Å². The minimum absolute atomic E-state index is 0.665. The quantitative estimate of drug-likeness (QED) is 0.820. The van der Waals surface area contributed by atoms with Crippen molar-refractivity contribution >= 4 is 0 Å². The maximum Gasteiger partial charge on any atom is 0.161 e. The number of nitrogens with two attached hydrogens (primary N) is 1. The number of hydrogen-bond donors (Lipinski definition) is 1. The van der Waals surface area contributed by atoms with Crippen molar-refractivity contribution < 1.29 is 9.47 Å². The van der Waals surface area contributed by atoms with E-state index in [4.69, 9.17) is 15.2 Å². The molecule has 86 valence electrons. The summed E-state index contributed by atoms with van der Waals surface area (Å²) in [5.74, 6) is 2.54. The third-order valence-corrected chi connectivity index (χ3v) is 3.46. The van der Waals surface area contributed by atoms with E-state index in [1.807, 2.05) is 0 Å². The maximum atomic E-state index is 5.62. The van der Waals surface area contributed by atoms with Crippen LogP contribution in [0.3, 0.4) is 0 Å². The van der Waals surface area contributed by atoms with E-state index in [0.717, 1.165) is 37.3 Å². The molecule has 0 radical (unpaired) electrons. The Morgan fingerprint density at radius 2 is 1.62 bits per heavy atom. The van der Waals surface area contributed by atoms with Gasteiger partial charge in [-0.25, -0.2) is 0 Å². The second-order valence-corrected chi connectivity index (χ2v) is 4.62. The van der Waals surface area contributed by atoms with Gasteiger partial charge in [-0.05, 0) is 55.0 Å². The zero-order chi connectivity index (χ0) is 11.0. The van der Waals surface area contributed by atoms with E-state index in [0.29, 0.717) is 19.1 Å². The molecular formula is C13H17NO2. The van der Waals surface area contributed by atoms with Crippen LogP contribution in [0.25, 0.3) is 0 Å². The number of rotatable bonds is 2. The zero-order valence-corrected chi connectivity index (χ0v) is 9.37. The van der Waals surface area contributed by atoms with Crippen LogP contribution in [0.5, 0.6) is 11.5 Å². The molecule has 1 aliphatic heterocycles. The molecule has 2 N–H and O–H groups in total. The van der Waals surface area contributed by atoms with Crippen LogP contribution in [0.1, 0.15) is 17.5 Å². The second-order valence-electron chi connectivity index (χ2n) is 4.62. The predicted molar refractivity (Wildman–Crippen MR) is 62.0 cm³/mol. The van der Waals surface area contributed by atoms with Gasteiger partial charge in [-0.15, -0.1) is 0 Å². The van der Waals surface area contributed by atoms with Gasteiger partial charge >= 0.3 is 0 Å². The van der Waals surface area contributed by atoms with Crippen molar-refractivity contribution in [3.63, 3.8) is 0 Å². The number of fused-ring (bicyclic) bond motifs is 2. The molecule has 3 heteroatoms. The van der Waals surface area contributed by atoms with Gasteiger partial charge in [0.2, 0.25) is 0 Å². The van der Waals surface area contributed by atoms with E-state index in [2.05, 4.69) is 12.1 Å². The molecule has 3 nitrogen and oxygen atoms in total. The number of benzene rings is 1. The van der Waals surface area contributed by atoms with Crippen LogP contribution < -0.4 is 15.2 Å².